The van der Waals surface area contributed by atoms with Crippen LogP contribution in [0.3, 0.4) is 0 Å². The van der Waals surface area contributed by atoms with Gasteiger partial charge in [0.25, 0.3) is 5.69 Å². The Kier molecular flexibility index (Phi) is 6.74. The van der Waals surface area contributed by atoms with Gasteiger partial charge in [-0.05, 0) is 30.4 Å². The summed E-state index contributed by atoms with van der Waals surface area (Å²) in [4.78, 5) is 16.1. The van der Waals surface area contributed by atoms with Gasteiger partial charge in [0.1, 0.15) is 0 Å². The smallest absolute Gasteiger partial charge is 0.269 e. The Labute approximate surface area is 145 Å². The van der Waals surface area contributed by atoms with E-state index in [0.717, 1.165) is 24.5 Å². The van der Waals surface area contributed by atoms with Crippen LogP contribution in [-0.4, -0.2) is 16.9 Å². The average Bonchev–Trinajstić information content (AvgIpc) is 3.11. The van der Waals surface area contributed by atoms with E-state index in [4.69, 9.17) is 0 Å². The summed E-state index contributed by atoms with van der Waals surface area (Å²) in [5.74, 6) is 0.746. The second-order valence-electron chi connectivity index (χ2n) is 5.47. The van der Waals surface area contributed by atoms with Crippen LogP contribution in [0.15, 0.2) is 46.8 Å². The topological polar surface area (TPSA) is 79.6 Å². The van der Waals surface area contributed by atoms with E-state index in [0.29, 0.717) is 12.6 Å². The molecule has 2 rings (SSSR count). The minimum Gasteiger partial charge on any atom is -0.354 e. The number of nitro benzene ring substituents is 1. The highest BCUT2D eigenvalue weighted by molar-refractivity contribution is 7.09. The summed E-state index contributed by atoms with van der Waals surface area (Å²) in [6, 6.07) is 10.9. The minimum absolute atomic E-state index is 0.0940. The van der Waals surface area contributed by atoms with Crippen LogP contribution in [0.2, 0.25) is 0 Å². The maximum atomic E-state index is 10.7. The Bertz CT molecular complexity index is 668. The van der Waals surface area contributed by atoms with E-state index in [2.05, 4.69) is 35.5 Å². The summed E-state index contributed by atoms with van der Waals surface area (Å²) in [5.41, 5.74) is 1.03. The van der Waals surface area contributed by atoms with Crippen molar-refractivity contribution in [3.8, 4) is 0 Å². The van der Waals surface area contributed by atoms with Gasteiger partial charge in [0.05, 0.1) is 18.0 Å². The van der Waals surface area contributed by atoms with Gasteiger partial charge in [0, 0.05) is 23.1 Å². The van der Waals surface area contributed by atoms with Crippen molar-refractivity contribution in [3.63, 3.8) is 0 Å². The second-order valence-corrected chi connectivity index (χ2v) is 6.51. The molecule has 0 radical (unpaired) electrons. The molecule has 1 unspecified atom stereocenters. The summed E-state index contributed by atoms with van der Waals surface area (Å²) >= 11 is 1.70. The van der Waals surface area contributed by atoms with Gasteiger partial charge in [-0.15, -0.1) is 11.3 Å². The molecule has 0 fully saturated rings. The van der Waals surface area contributed by atoms with Gasteiger partial charge in [0.2, 0.25) is 0 Å². The number of rotatable bonds is 7. The molecule has 24 heavy (non-hydrogen) atoms. The molecule has 1 heterocycles. The Morgan fingerprint density at radius 1 is 1.33 bits per heavy atom. The molecule has 0 bridgehead atoms. The number of nitrogens with zero attached hydrogens (tertiary/aromatic N) is 2. The second kappa shape index (κ2) is 9.02. The minimum atomic E-state index is -0.397. The Balaban J connectivity index is 2.01. The van der Waals surface area contributed by atoms with E-state index in [1.54, 1.807) is 23.5 Å². The van der Waals surface area contributed by atoms with Crippen LogP contribution in [0.25, 0.3) is 0 Å². The van der Waals surface area contributed by atoms with E-state index in [1.165, 1.54) is 17.0 Å². The fourth-order valence-electron chi connectivity index (χ4n) is 1.97. The number of hydrogen-bond donors (Lipinski definition) is 2. The number of aliphatic imine (C=N–C) groups is 1. The molecule has 0 aliphatic carbocycles. The summed E-state index contributed by atoms with van der Waals surface area (Å²) < 4.78 is 0. The molecule has 7 heteroatoms. The van der Waals surface area contributed by atoms with Gasteiger partial charge in [-0.3, -0.25) is 10.1 Å². The third-order valence-corrected chi connectivity index (χ3v) is 4.45. The summed E-state index contributed by atoms with van der Waals surface area (Å²) in [6.45, 7) is 5.41. The fourth-order valence-corrected chi connectivity index (χ4v) is 2.61. The first-order valence-corrected chi connectivity index (χ1v) is 8.77. The first kappa shape index (κ1) is 17.9. The number of hydrogen-bond acceptors (Lipinski definition) is 4. The largest absolute Gasteiger partial charge is 0.354 e. The van der Waals surface area contributed by atoms with Gasteiger partial charge in [0.15, 0.2) is 5.96 Å². The van der Waals surface area contributed by atoms with Crippen LogP contribution in [0, 0.1) is 10.1 Å². The SMILES string of the molecule is CCC(C)NC(=NCc1ccc([N+](=O)[O-])cc1)NCc1cccs1. The zero-order chi connectivity index (χ0) is 17.4. The monoisotopic (exact) mass is 346 g/mol. The molecule has 0 spiro atoms. The van der Waals surface area contributed by atoms with E-state index in [-0.39, 0.29) is 5.69 Å². The van der Waals surface area contributed by atoms with Gasteiger partial charge >= 0.3 is 0 Å². The van der Waals surface area contributed by atoms with Crippen molar-refractivity contribution in [3.05, 3.63) is 62.3 Å². The van der Waals surface area contributed by atoms with E-state index >= 15 is 0 Å². The van der Waals surface area contributed by atoms with E-state index < -0.39 is 4.92 Å². The number of benzene rings is 1. The lowest BCUT2D eigenvalue weighted by Crippen LogP contribution is -2.41. The Morgan fingerprint density at radius 3 is 2.67 bits per heavy atom. The lowest BCUT2D eigenvalue weighted by Gasteiger charge is -2.16. The molecule has 1 atom stereocenters. The molecule has 0 aliphatic rings. The van der Waals surface area contributed by atoms with Crippen LogP contribution in [0.5, 0.6) is 0 Å². The molecule has 2 aromatic rings. The predicted octanol–water partition coefficient (Wildman–Crippen LogP) is 3.69. The maximum Gasteiger partial charge on any atom is 0.269 e. The van der Waals surface area contributed by atoms with Crippen LogP contribution in [0.4, 0.5) is 5.69 Å². The number of guanidine groups is 1. The number of thiophene rings is 1. The van der Waals surface area contributed by atoms with Gasteiger partial charge in [-0.1, -0.05) is 25.1 Å². The third kappa shape index (κ3) is 5.66. The van der Waals surface area contributed by atoms with Crippen molar-refractivity contribution < 1.29 is 4.92 Å². The zero-order valence-corrected chi connectivity index (χ0v) is 14.7. The van der Waals surface area contributed by atoms with Crippen LogP contribution in [0.1, 0.15) is 30.7 Å². The normalized spacial score (nSPS) is 12.7. The Hall–Kier alpha value is -2.41. The third-order valence-electron chi connectivity index (χ3n) is 3.57. The molecule has 0 aliphatic heterocycles. The van der Waals surface area contributed by atoms with E-state index in [1.807, 2.05) is 11.4 Å². The van der Waals surface area contributed by atoms with Crippen molar-refractivity contribution in [2.45, 2.75) is 39.4 Å². The molecule has 0 amide bonds. The van der Waals surface area contributed by atoms with Gasteiger partial charge < -0.3 is 10.6 Å². The fraction of sp³-hybridized carbons (Fsp3) is 0.353. The first-order chi connectivity index (χ1) is 11.6. The maximum absolute atomic E-state index is 10.7. The summed E-state index contributed by atoms with van der Waals surface area (Å²) in [6.07, 6.45) is 0.997. The molecule has 128 valence electrons. The number of nitro groups is 1. The molecule has 1 aromatic carbocycles. The highest BCUT2D eigenvalue weighted by Gasteiger charge is 2.06. The van der Waals surface area contributed by atoms with Crippen molar-refractivity contribution in [2.75, 3.05) is 0 Å². The predicted molar refractivity (Wildman–Crippen MR) is 98.3 cm³/mol. The molecule has 0 saturated heterocycles. The van der Waals surface area contributed by atoms with Crippen molar-refractivity contribution in [1.82, 2.24) is 10.6 Å². The van der Waals surface area contributed by atoms with Crippen molar-refractivity contribution in [1.29, 1.82) is 0 Å². The molecule has 2 N–H and O–H groups in total. The van der Waals surface area contributed by atoms with Crippen LogP contribution in [-0.2, 0) is 13.1 Å². The molecule has 6 nitrogen and oxygen atoms in total. The molecular formula is C17H22N4O2S. The first-order valence-electron chi connectivity index (χ1n) is 7.89. The standard InChI is InChI=1S/C17H22N4O2S/c1-3-13(2)20-17(19-12-16-5-4-10-24-16)18-11-14-6-8-15(9-7-14)21(22)23/h4-10,13H,3,11-12H2,1-2H3,(H2,18,19,20). The van der Waals surface area contributed by atoms with E-state index in [9.17, 15) is 10.1 Å². The number of non-ortho nitro benzene ring substituents is 1. The summed E-state index contributed by atoms with van der Waals surface area (Å²) in [7, 11) is 0. The van der Waals surface area contributed by atoms with Crippen molar-refractivity contribution >= 4 is 23.0 Å². The lowest BCUT2D eigenvalue weighted by atomic mass is 10.2. The van der Waals surface area contributed by atoms with Crippen LogP contribution < -0.4 is 10.6 Å². The molecular weight excluding hydrogens is 324 g/mol. The highest BCUT2D eigenvalue weighted by atomic mass is 32.1. The summed E-state index contributed by atoms with van der Waals surface area (Å²) in [5, 5.41) is 19.4. The molecule has 1 aromatic heterocycles. The average molecular weight is 346 g/mol. The van der Waals surface area contributed by atoms with Crippen LogP contribution >= 0.6 is 11.3 Å². The van der Waals surface area contributed by atoms with Gasteiger partial charge in [-0.25, -0.2) is 4.99 Å². The zero-order valence-electron chi connectivity index (χ0n) is 13.9. The highest BCUT2D eigenvalue weighted by Crippen LogP contribution is 2.12. The quantitative estimate of drug-likeness (QED) is 0.347. The Morgan fingerprint density at radius 2 is 2.08 bits per heavy atom. The molecule has 0 saturated carbocycles. The van der Waals surface area contributed by atoms with Gasteiger partial charge in [-0.2, -0.15) is 0 Å². The van der Waals surface area contributed by atoms with Crippen molar-refractivity contribution in [2.24, 2.45) is 4.99 Å². The number of nitrogens with one attached hydrogen (secondary N) is 2. The lowest BCUT2D eigenvalue weighted by molar-refractivity contribution is -0.384.